The number of nitrogens with zero attached hydrogens (tertiary/aromatic N) is 3. The first kappa shape index (κ1) is 22.0. The Kier molecular flexibility index (Phi) is 6.53. The molecule has 164 valence electrons. The first-order valence-corrected chi connectivity index (χ1v) is 13.0. The number of anilines is 2. The van der Waals surface area contributed by atoms with Gasteiger partial charge in [0.2, 0.25) is 21.8 Å². The van der Waals surface area contributed by atoms with Crippen molar-refractivity contribution in [2.45, 2.75) is 5.22 Å². The molecule has 0 radical (unpaired) electrons. The van der Waals surface area contributed by atoms with Crippen molar-refractivity contribution in [3.8, 4) is 22.7 Å². The van der Waals surface area contributed by atoms with Crippen LogP contribution < -0.4 is 10.0 Å². The number of benzene rings is 2. The van der Waals surface area contributed by atoms with E-state index in [0.29, 0.717) is 16.4 Å². The fourth-order valence-electron chi connectivity index (χ4n) is 2.63. The molecule has 0 unspecified atom stereocenters. The van der Waals surface area contributed by atoms with Crippen LogP contribution in [0.2, 0.25) is 0 Å². The summed E-state index contributed by atoms with van der Waals surface area (Å²) in [5.41, 5.74) is 2.85. The van der Waals surface area contributed by atoms with Crippen molar-refractivity contribution in [2.75, 3.05) is 22.0 Å². The Morgan fingerprint density at radius 3 is 2.53 bits per heavy atom. The number of hydrogen-bond acceptors (Lipinski definition) is 9. The van der Waals surface area contributed by atoms with Crippen LogP contribution >= 0.6 is 23.1 Å². The molecule has 0 saturated heterocycles. The van der Waals surface area contributed by atoms with Crippen LogP contribution in [-0.4, -0.2) is 41.5 Å². The summed E-state index contributed by atoms with van der Waals surface area (Å²) < 4.78 is 30.5. The number of aromatic nitrogens is 3. The van der Waals surface area contributed by atoms with Crippen molar-refractivity contribution in [3.63, 3.8) is 0 Å². The average Bonchev–Trinajstić information content (AvgIpc) is 3.42. The van der Waals surface area contributed by atoms with E-state index in [1.54, 1.807) is 24.3 Å². The van der Waals surface area contributed by atoms with Crippen molar-refractivity contribution in [2.24, 2.45) is 0 Å². The molecule has 4 aromatic rings. The molecule has 0 fully saturated rings. The highest BCUT2D eigenvalue weighted by atomic mass is 32.2. The summed E-state index contributed by atoms with van der Waals surface area (Å²) >= 11 is 2.46. The number of rotatable bonds is 8. The average molecular weight is 488 g/mol. The van der Waals surface area contributed by atoms with E-state index in [9.17, 15) is 13.2 Å². The van der Waals surface area contributed by atoms with Gasteiger partial charge in [-0.3, -0.25) is 9.52 Å². The van der Waals surface area contributed by atoms with E-state index >= 15 is 0 Å². The number of thioether (sulfide) groups is 1. The van der Waals surface area contributed by atoms with Crippen LogP contribution in [0.4, 0.5) is 10.8 Å². The van der Waals surface area contributed by atoms with Gasteiger partial charge in [-0.25, -0.2) is 13.4 Å². The highest BCUT2D eigenvalue weighted by Crippen LogP contribution is 2.26. The lowest BCUT2D eigenvalue weighted by atomic mass is 10.2. The molecule has 2 aromatic heterocycles. The highest BCUT2D eigenvalue weighted by molar-refractivity contribution is 7.99. The van der Waals surface area contributed by atoms with Gasteiger partial charge in [-0.1, -0.05) is 42.1 Å². The Morgan fingerprint density at radius 1 is 1.06 bits per heavy atom. The van der Waals surface area contributed by atoms with Gasteiger partial charge in [0.15, 0.2) is 5.13 Å². The van der Waals surface area contributed by atoms with Crippen LogP contribution in [0.1, 0.15) is 0 Å². The molecular formula is C20H17N5O4S3. The van der Waals surface area contributed by atoms with E-state index in [1.807, 2.05) is 35.7 Å². The molecule has 12 heteroatoms. The minimum absolute atomic E-state index is 0.0824. The minimum Gasteiger partial charge on any atom is -0.411 e. The molecule has 0 aliphatic heterocycles. The summed E-state index contributed by atoms with van der Waals surface area (Å²) in [6, 6.07) is 16.2. The zero-order chi connectivity index (χ0) is 22.6. The molecule has 0 atom stereocenters. The van der Waals surface area contributed by atoms with E-state index in [4.69, 9.17) is 4.42 Å². The van der Waals surface area contributed by atoms with Crippen molar-refractivity contribution in [1.82, 2.24) is 15.2 Å². The van der Waals surface area contributed by atoms with E-state index in [-0.39, 0.29) is 22.8 Å². The maximum atomic E-state index is 12.2. The van der Waals surface area contributed by atoms with Gasteiger partial charge in [-0.2, -0.15) is 0 Å². The second-order valence-electron chi connectivity index (χ2n) is 6.57. The van der Waals surface area contributed by atoms with Crippen molar-refractivity contribution in [1.29, 1.82) is 0 Å². The summed E-state index contributed by atoms with van der Waals surface area (Å²) in [6.45, 7) is 0. The van der Waals surface area contributed by atoms with Crippen LogP contribution in [-0.2, 0) is 14.8 Å². The number of carbonyl (C=O) groups is 1. The maximum absolute atomic E-state index is 12.2. The minimum atomic E-state index is -3.35. The third-order valence-electron chi connectivity index (χ3n) is 3.99. The Hall–Kier alpha value is -3.22. The Morgan fingerprint density at radius 2 is 1.81 bits per heavy atom. The predicted octanol–water partition coefficient (Wildman–Crippen LogP) is 3.96. The van der Waals surface area contributed by atoms with Crippen LogP contribution in [0.25, 0.3) is 22.7 Å². The maximum Gasteiger partial charge on any atom is 0.277 e. The van der Waals surface area contributed by atoms with Crippen LogP contribution in [0.3, 0.4) is 0 Å². The van der Waals surface area contributed by atoms with Gasteiger partial charge in [-0.05, 0) is 24.3 Å². The van der Waals surface area contributed by atoms with Gasteiger partial charge >= 0.3 is 0 Å². The molecule has 0 aliphatic rings. The first-order chi connectivity index (χ1) is 15.4. The molecule has 2 N–H and O–H groups in total. The lowest BCUT2D eigenvalue weighted by Gasteiger charge is -2.03. The van der Waals surface area contributed by atoms with E-state index in [1.165, 1.54) is 11.3 Å². The van der Waals surface area contributed by atoms with Crippen molar-refractivity contribution in [3.05, 3.63) is 60.0 Å². The zero-order valence-electron chi connectivity index (χ0n) is 16.7. The quantitative estimate of drug-likeness (QED) is 0.358. The molecule has 9 nitrogen and oxygen atoms in total. The van der Waals surface area contributed by atoms with Gasteiger partial charge in [0.05, 0.1) is 17.7 Å². The topological polar surface area (TPSA) is 127 Å². The normalized spacial score (nSPS) is 11.3. The molecule has 1 amide bonds. The van der Waals surface area contributed by atoms with Crippen LogP contribution in [0.15, 0.2) is 69.6 Å². The summed E-state index contributed by atoms with van der Waals surface area (Å²) in [5.74, 6) is 0.116. The third-order valence-corrected chi connectivity index (χ3v) is 6.17. The monoisotopic (exact) mass is 487 g/mol. The molecule has 0 bridgehead atoms. The molecule has 0 spiro atoms. The van der Waals surface area contributed by atoms with Crippen LogP contribution in [0, 0.1) is 0 Å². The lowest BCUT2D eigenvalue weighted by molar-refractivity contribution is -0.113. The molecule has 32 heavy (non-hydrogen) atoms. The van der Waals surface area contributed by atoms with Gasteiger partial charge < -0.3 is 9.73 Å². The summed E-state index contributed by atoms with van der Waals surface area (Å²) in [6.07, 6.45) is 1.08. The van der Waals surface area contributed by atoms with E-state index < -0.39 is 10.0 Å². The largest absolute Gasteiger partial charge is 0.411 e. The Bertz CT molecular complexity index is 1320. The summed E-state index contributed by atoms with van der Waals surface area (Å²) in [4.78, 5) is 16.7. The molecule has 2 aromatic carbocycles. The Labute approximate surface area is 192 Å². The van der Waals surface area contributed by atoms with Crippen molar-refractivity contribution < 1.29 is 17.6 Å². The number of nitrogens with one attached hydrogen (secondary N) is 2. The number of hydrogen-bond donors (Lipinski definition) is 2. The number of sulfonamides is 1. The fraction of sp³-hybridized carbons (Fsp3) is 0.100. The second kappa shape index (κ2) is 9.51. The fourth-order valence-corrected chi connectivity index (χ4v) is 4.50. The third kappa shape index (κ3) is 5.93. The molecule has 2 heterocycles. The smallest absolute Gasteiger partial charge is 0.277 e. The molecule has 0 saturated carbocycles. The number of carbonyl (C=O) groups excluding carboxylic acids is 1. The molecular weight excluding hydrogens is 470 g/mol. The predicted molar refractivity (Wildman–Crippen MR) is 125 cm³/mol. The van der Waals surface area contributed by atoms with Gasteiger partial charge in [0.1, 0.15) is 0 Å². The Balaban J connectivity index is 1.31. The standard InChI is InChI=1S/C20H17N5O4S3/c1-32(27,28)25-15-9-7-14(8-10-15)18-23-24-20(29-18)31-12-17(26)22-19-21-16(11-30-19)13-5-3-2-4-6-13/h2-11,25H,12H2,1H3,(H,21,22,26). The molecule has 0 aliphatic carbocycles. The van der Waals surface area contributed by atoms with E-state index in [0.717, 1.165) is 29.3 Å². The number of thiazole rings is 1. The van der Waals surface area contributed by atoms with Crippen LogP contribution in [0.5, 0.6) is 0 Å². The summed E-state index contributed by atoms with van der Waals surface area (Å²) in [5, 5.41) is 13.3. The second-order valence-corrected chi connectivity index (χ2v) is 10.1. The first-order valence-electron chi connectivity index (χ1n) is 9.21. The van der Waals surface area contributed by atoms with Gasteiger partial charge in [-0.15, -0.1) is 21.5 Å². The van der Waals surface area contributed by atoms with E-state index in [2.05, 4.69) is 25.2 Å². The molecule has 4 rings (SSSR count). The highest BCUT2D eigenvalue weighted by Gasteiger charge is 2.13. The lowest BCUT2D eigenvalue weighted by Crippen LogP contribution is -2.13. The summed E-state index contributed by atoms with van der Waals surface area (Å²) in [7, 11) is -3.35. The zero-order valence-corrected chi connectivity index (χ0v) is 19.1. The SMILES string of the molecule is CS(=O)(=O)Nc1ccc(-c2nnc(SCC(=O)Nc3nc(-c4ccccc4)cs3)o2)cc1. The number of amides is 1. The van der Waals surface area contributed by atoms with Crippen molar-refractivity contribution >= 4 is 49.8 Å². The van der Waals surface area contributed by atoms with Gasteiger partial charge in [0, 0.05) is 22.2 Å². The van der Waals surface area contributed by atoms with Gasteiger partial charge in [0.25, 0.3) is 5.22 Å².